The Morgan fingerprint density at radius 1 is 0.536 bits per heavy atom. The van der Waals surface area contributed by atoms with Gasteiger partial charge in [0.2, 0.25) is 11.6 Å². The van der Waals surface area contributed by atoms with Crippen molar-refractivity contribution in [3.8, 4) is 0 Å². The van der Waals surface area contributed by atoms with Crippen molar-refractivity contribution in [2.45, 2.75) is 0 Å². The SMILES string of the molecule is O=C(Cl)c1cc(C(=O)Cl)cc(C(=O)C(=O)c2cccc(C(=O)Cl)c2C(=O)Cl)c1. The molecule has 0 heterocycles. The highest BCUT2D eigenvalue weighted by atomic mass is 35.5. The van der Waals surface area contributed by atoms with E-state index in [-0.39, 0.29) is 22.3 Å². The lowest BCUT2D eigenvalue weighted by Crippen LogP contribution is -2.19. The lowest BCUT2D eigenvalue weighted by Gasteiger charge is -2.09. The second-order valence-corrected chi connectivity index (χ2v) is 6.65. The summed E-state index contributed by atoms with van der Waals surface area (Å²) in [4.78, 5) is 71.3. The summed E-state index contributed by atoms with van der Waals surface area (Å²) in [5.74, 6) is -2.42. The van der Waals surface area contributed by atoms with Gasteiger partial charge in [-0.05, 0) is 70.7 Å². The Kier molecular flexibility index (Phi) is 6.85. The number of hydrogen-bond acceptors (Lipinski definition) is 6. The molecular formula is C18H6Cl4O6. The van der Waals surface area contributed by atoms with E-state index in [9.17, 15) is 28.8 Å². The predicted molar refractivity (Wildman–Crippen MR) is 102 cm³/mol. The molecule has 2 rings (SSSR count). The smallest absolute Gasteiger partial charge is 0.253 e. The molecule has 0 saturated carbocycles. The Labute approximate surface area is 177 Å². The van der Waals surface area contributed by atoms with Crippen molar-refractivity contribution in [2.75, 3.05) is 0 Å². The molecule has 10 heteroatoms. The molecule has 2 aromatic rings. The Morgan fingerprint density at radius 2 is 1.00 bits per heavy atom. The summed E-state index contributed by atoms with van der Waals surface area (Å²) in [6, 6.07) is 6.50. The van der Waals surface area contributed by atoms with Gasteiger partial charge in [-0.2, -0.15) is 0 Å². The third-order valence-corrected chi connectivity index (χ3v) is 4.40. The lowest BCUT2D eigenvalue weighted by atomic mass is 9.93. The van der Waals surface area contributed by atoms with E-state index in [0.717, 1.165) is 30.3 Å². The minimum atomic E-state index is -1.23. The summed E-state index contributed by atoms with van der Waals surface area (Å²) in [6.45, 7) is 0. The summed E-state index contributed by atoms with van der Waals surface area (Å²) < 4.78 is 0. The molecule has 0 N–H and O–H groups in total. The first-order valence-corrected chi connectivity index (χ1v) is 8.72. The van der Waals surface area contributed by atoms with Crippen LogP contribution in [-0.4, -0.2) is 32.5 Å². The van der Waals surface area contributed by atoms with E-state index in [4.69, 9.17) is 46.4 Å². The number of benzene rings is 2. The van der Waals surface area contributed by atoms with Crippen molar-refractivity contribution in [2.24, 2.45) is 0 Å². The van der Waals surface area contributed by atoms with Crippen LogP contribution in [0, 0.1) is 0 Å². The monoisotopic (exact) mass is 458 g/mol. The Morgan fingerprint density at radius 3 is 1.43 bits per heavy atom. The molecule has 0 aromatic heterocycles. The predicted octanol–water partition coefficient (Wildman–Crippen LogP) is 4.27. The molecule has 0 saturated heterocycles. The van der Waals surface area contributed by atoms with Crippen LogP contribution < -0.4 is 0 Å². The van der Waals surface area contributed by atoms with Crippen LogP contribution in [0.25, 0.3) is 0 Å². The summed E-state index contributed by atoms with van der Waals surface area (Å²) >= 11 is 21.6. The fraction of sp³-hybridized carbons (Fsp3) is 0. The molecule has 6 nitrogen and oxygen atoms in total. The van der Waals surface area contributed by atoms with Crippen LogP contribution in [0.2, 0.25) is 0 Å². The van der Waals surface area contributed by atoms with Crippen molar-refractivity contribution >= 4 is 78.9 Å². The van der Waals surface area contributed by atoms with Crippen LogP contribution >= 0.6 is 46.4 Å². The maximum Gasteiger partial charge on any atom is 0.253 e. The van der Waals surface area contributed by atoms with Gasteiger partial charge in [0, 0.05) is 27.8 Å². The average Bonchev–Trinajstić information content (AvgIpc) is 2.65. The maximum absolute atomic E-state index is 12.7. The molecule has 0 amide bonds. The number of rotatable bonds is 7. The van der Waals surface area contributed by atoms with Crippen LogP contribution in [0.15, 0.2) is 36.4 Å². The summed E-state index contributed by atoms with van der Waals surface area (Å²) in [6.07, 6.45) is 0. The van der Waals surface area contributed by atoms with Gasteiger partial charge >= 0.3 is 0 Å². The molecule has 0 aliphatic carbocycles. The molecule has 0 fully saturated rings. The molecule has 0 aliphatic heterocycles. The number of Topliss-reactive ketones (excluding diaryl/α,β-unsaturated/α-hetero) is 2. The number of hydrogen-bond donors (Lipinski definition) is 0. The number of carbonyl (C=O) groups excluding carboxylic acids is 6. The minimum Gasteiger partial charge on any atom is -0.285 e. The second kappa shape index (κ2) is 8.75. The second-order valence-electron chi connectivity index (χ2n) is 5.28. The molecule has 0 radical (unpaired) electrons. The summed E-state index contributed by atoms with van der Waals surface area (Å²) in [7, 11) is 0. The zero-order chi connectivity index (χ0) is 21.2. The van der Waals surface area contributed by atoms with E-state index in [1.54, 1.807) is 0 Å². The van der Waals surface area contributed by atoms with Gasteiger partial charge in [0.15, 0.2) is 0 Å². The van der Waals surface area contributed by atoms with Gasteiger partial charge in [0.25, 0.3) is 21.0 Å². The number of ketones is 2. The highest BCUT2D eigenvalue weighted by Gasteiger charge is 2.28. The molecule has 0 spiro atoms. The molecular weight excluding hydrogens is 454 g/mol. The first-order chi connectivity index (χ1) is 13.0. The highest BCUT2D eigenvalue weighted by Crippen LogP contribution is 2.22. The average molecular weight is 460 g/mol. The summed E-state index contributed by atoms with van der Waals surface area (Å²) in [5.41, 5.74) is -2.25. The lowest BCUT2D eigenvalue weighted by molar-refractivity contribution is 0.0815. The van der Waals surface area contributed by atoms with Gasteiger partial charge in [-0.1, -0.05) is 12.1 Å². The van der Waals surface area contributed by atoms with Crippen molar-refractivity contribution in [1.82, 2.24) is 0 Å². The fourth-order valence-corrected chi connectivity index (χ4v) is 2.94. The molecule has 2 aromatic carbocycles. The van der Waals surface area contributed by atoms with Gasteiger partial charge < -0.3 is 0 Å². The Hall–Kier alpha value is -2.38. The zero-order valence-corrected chi connectivity index (χ0v) is 16.4. The van der Waals surface area contributed by atoms with E-state index in [2.05, 4.69) is 0 Å². The molecule has 28 heavy (non-hydrogen) atoms. The number of halogens is 4. The van der Waals surface area contributed by atoms with E-state index in [0.29, 0.717) is 0 Å². The van der Waals surface area contributed by atoms with Crippen LogP contribution in [0.3, 0.4) is 0 Å². The molecule has 0 bridgehead atoms. The maximum atomic E-state index is 12.7. The van der Waals surface area contributed by atoms with Crippen molar-refractivity contribution < 1.29 is 28.8 Å². The van der Waals surface area contributed by atoms with Crippen LogP contribution in [0.4, 0.5) is 0 Å². The fourth-order valence-electron chi connectivity index (χ4n) is 2.36. The van der Waals surface area contributed by atoms with E-state index < -0.39 is 43.7 Å². The van der Waals surface area contributed by atoms with Gasteiger partial charge in [-0.25, -0.2) is 0 Å². The normalized spacial score (nSPS) is 10.3. The van der Waals surface area contributed by atoms with Crippen molar-refractivity contribution in [3.05, 3.63) is 69.8 Å². The van der Waals surface area contributed by atoms with Crippen LogP contribution in [-0.2, 0) is 0 Å². The summed E-state index contributed by atoms with van der Waals surface area (Å²) in [5, 5.41) is -4.22. The Balaban J connectivity index is 2.63. The van der Waals surface area contributed by atoms with Crippen molar-refractivity contribution in [1.29, 1.82) is 0 Å². The largest absolute Gasteiger partial charge is 0.285 e. The zero-order valence-electron chi connectivity index (χ0n) is 13.4. The first-order valence-electron chi connectivity index (χ1n) is 7.21. The topological polar surface area (TPSA) is 102 Å². The number of carbonyl (C=O) groups is 6. The molecule has 142 valence electrons. The van der Waals surface area contributed by atoms with E-state index >= 15 is 0 Å². The van der Waals surface area contributed by atoms with E-state index in [1.165, 1.54) is 6.07 Å². The molecule has 0 unspecified atom stereocenters. The third kappa shape index (κ3) is 4.54. The molecule has 0 atom stereocenters. The standard InChI is InChI=1S/C18H6Cl4O6/c19-15(25)8-4-7(5-9(6-8)16(20)26)13(23)14(24)10-2-1-3-11(17(21)27)12(10)18(22)28/h1-6H. The van der Waals surface area contributed by atoms with Crippen molar-refractivity contribution in [3.63, 3.8) is 0 Å². The first kappa shape index (κ1) is 21.9. The van der Waals surface area contributed by atoms with E-state index in [1.807, 2.05) is 0 Å². The highest BCUT2D eigenvalue weighted by molar-refractivity contribution is 6.73. The third-order valence-electron chi connectivity index (χ3n) is 3.57. The van der Waals surface area contributed by atoms with Gasteiger partial charge in [-0.15, -0.1) is 0 Å². The Bertz CT molecular complexity index is 1040. The molecule has 0 aliphatic rings. The van der Waals surface area contributed by atoms with Gasteiger partial charge in [0.05, 0.1) is 5.56 Å². The quantitative estimate of drug-likeness (QED) is 0.348. The van der Waals surface area contributed by atoms with Gasteiger partial charge in [-0.3, -0.25) is 28.8 Å². The van der Waals surface area contributed by atoms with Crippen LogP contribution in [0.5, 0.6) is 0 Å². The van der Waals surface area contributed by atoms with Crippen LogP contribution in [0.1, 0.15) is 62.1 Å². The minimum absolute atomic E-state index is 0.248. The van der Waals surface area contributed by atoms with Gasteiger partial charge in [0.1, 0.15) is 0 Å².